The molecule has 0 aromatic heterocycles. The van der Waals surface area contributed by atoms with E-state index in [1.807, 2.05) is 82.4 Å². The summed E-state index contributed by atoms with van der Waals surface area (Å²) in [6, 6.07) is 5.50. The fourth-order valence-corrected chi connectivity index (χ4v) is 9.72. The Labute approximate surface area is 495 Å². The molecule has 0 amide bonds. The smallest absolute Gasteiger partial charge is 0.313 e. The van der Waals surface area contributed by atoms with Crippen molar-refractivity contribution >= 4 is 29.2 Å². The Kier molecular flexibility index (Phi) is 35.4. The van der Waals surface area contributed by atoms with Crippen LogP contribution >= 0.6 is 0 Å². The molecule has 2 aliphatic heterocycles. The molecule has 0 saturated carbocycles. The number of carbonyl (C=O) groups is 4. The number of carbonyl (C=O) groups excluding carboxylic acids is 4. The predicted octanol–water partition coefficient (Wildman–Crippen LogP) is 4.43. The Morgan fingerprint density at radius 1 is 0.738 bits per heavy atom. The van der Waals surface area contributed by atoms with Gasteiger partial charge in [0.25, 0.3) is 0 Å². The standard InChI is InChI=1S/C34H49NO7.C29H49NO12/c1-5-7-8-9-10-11-12-13-24(3)34(42-33(41)23-31(39)21-30(38)20-28(36)6-2)25(4)14-19-29(37)22-32(40)26-15-17-27(35)18-16-26;1-5-6-7-8-9-10-20(41-28-26(36)24(30)25(35)17(3)40-28)13-22-23(27(37)39-4)21(34)15-29(38,42-22)14-19(33)12-18(32)11-16(2)31/h5,7-13,15-18,24-25,28-29,31,34,36-37,39H,6,14,19-23,35H2,1-4H3;5-10,16-26,28,31-36,38H,11-15,30H2,1-4H3/b7-5+,9-8+,11-10+,13-12+;6-5+,8-7+,10-9+. The molecule has 0 spiro atoms. The molecule has 1 aromatic rings. The summed E-state index contributed by atoms with van der Waals surface area (Å²) in [5.74, 6) is -5.60. The maximum absolute atomic E-state index is 12.8. The molecule has 3 rings (SSSR count). The van der Waals surface area contributed by atoms with E-state index >= 15 is 0 Å². The Morgan fingerprint density at radius 2 is 1.32 bits per heavy atom. The van der Waals surface area contributed by atoms with Gasteiger partial charge < -0.3 is 86.2 Å². The van der Waals surface area contributed by atoms with Crippen molar-refractivity contribution < 1.29 is 93.9 Å². The van der Waals surface area contributed by atoms with Crippen molar-refractivity contribution in [2.75, 3.05) is 12.8 Å². The zero-order valence-corrected chi connectivity index (χ0v) is 50.1. The normalized spacial score (nSPS) is 26.9. The van der Waals surface area contributed by atoms with Gasteiger partial charge in [-0.25, -0.2) is 0 Å². The van der Waals surface area contributed by atoms with Gasteiger partial charge >= 0.3 is 11.9 Å². The Morgan fingerprint density at radius 3 is 1.90 bits per heavy atom. The number of hydrogen-bond donors (Lipinski definition) is 12. The molecule has 21 nitrogen and oxygen atoms in total. The quantitative estimate of drug-likeness (QED) is 0.0196. The Balaban J connectivity index is 0.000000573. The highest BCUT2D eigenvalue weighted by molar-refractivity contribution is 5.96. The van der Waals surface area contributed by atoms with E-state index in [9.17, 15) is 70.2 Å². The van der Waals surface area contributed by atoms with Crippen LogP contribution in [0.25, 0.3) is 0 Å². The number of Topliss-reactive ketones (excluding diaryl/α,β-unsaturated/α-hetero) is 2. The van der Waals surface area contributed by atoms with Crippen LogP contribution in [0.5, 0.6) is 0 Å². The van der Waals surface area contributed by atoms with Gasteiger partial charge in [-0.15, -0.1) is 0 Å². The fourth-order valence-electron chi connectivity index (χ4n) is 9.72. The number of allylic oxidation sites excluding steroid dienone is 12. The third-order valence-electron chi connectivity index (χ3n) is 14.3. The average molecular weight is 1190 g/mol. The molecular formula is C63H98N2O19. The zero-order valence-electron chi connectivity index (χ0n) is 50.1. The third-order valence-corrected chi connectivity index (χ3v) is 14.3. The molecule has 0 aliphatic carbocycles. The monoisotopic (exact) mass is 1190 g/mol. The topological polar surface area (TPSA) is 369 Å². The van der Waals surface area contributed by atoms with Crippen molar-refractivity contribution in [3.63, 3.8) is 0 Å². The lowest BCUT2D eigenvalue weighted by molar-refractivity contribution is -0.308. The van der Waals surface area contributed by atoms with Gasteiger partial charge in [-0.05, 0) is 90.0 Å². The van der Waals surface area contributed by atoms with Crippen LogP contribution in [0.2, 0.25) is 0 Å². The Hall–Kier alpha value is -5.08. The second kappa shape index (κ2) is 39.6. The number of benzene rings is 1. The van der Waals surface area contributed by atoms with Crippen LogP contribution < -0.4 is 11.5 Å². The molecule has 84 heavy (non-hydrogen) atoms. The minimum absolute atomic E-state index is 0.0221. The summed E-state index contributed by atoms with van der Waals surface area (Å²) in [4.78, 5) is 50.1. The van der Waals surface area contributed by atoms with Gasteiger partial charge in [0, 0.05) is 55.7 Å². The van der Waals surface area contributed by atoms with Crippen LogP contribution in [0.15, 0.2) is 109 Å². The first kappa shape index (κ1) is 75.0. The molecule has 19 atom stereocenters. The number of nitrogens with two attached hydrogens (primary N) is 2. The van der Waals surface area contributed by atoms with Crippen LogP contribution in [0.3, 0.4) is 0 Å². The van der Waals surface area contributed by atoms with Gasteiger partial charge in [-0.3, -0.25) is 19.2 Å². The molecule has 2 heterocycles. The van der Waals surface area contributed by atoms with Crippen molar-refractivity contribution in [2.24, 2.45) is 23.5 Å². The van der Waals surface area contributed by atoms with E-state index < -0.39 is 128 Å². The van der Waals surface area contributed by atoms with Gasteiger partial charge in [0.2, 0.25) is 0 Å². The minimum Gasteiger partial charge on any atom is -0.469 e. The lowest BCUT2D eigenvalue weighted by atomic mass is 9.82. The maximum atomic E-state index is 12.8. The SMILES string of the molecule is C/C=C/C=C/C=C/C(CC1OC(O)(CC(O)CC(O)CC(C)O)CC(O)C1C(=O)OC)OC1OC(C)C(O)C(N)C1O.C/C=C/C=C/C=C/C=C/C(C)C(OC(=O)CC(O)CC(=O)CC(O)CC)C(C)CCC(O)CC(=O)c1ccc(N)cc1. The van der Waals surface area contributed by atoms with Gasteiger partial charge in [0.05, 0.1) is 86.7 Å². The first-order valence-electron chi connectivity index (χ1n) is 29.0. The van der Waals surface area contributed by atoms with Crippen LogP contribution in [0, 0.1) is 17.8 Å². The maximum Gasteiger partial charge on any atom is 0.313 e. The number of methoxy groups -OCH3 is 1. The van der Waals surface area contributed by atoms with E-state index in [0.29, 0.717) is 30.5 Å². The van der Waals surface area contributed by atoms with Gasteiger partial charge in [0.15, 0.2) is 17.9 Å². The lowest BCUT2D eigenvalue weighted by Crippen LogP contribution is -2.61. The summed E-state index contributed by atoms with van der Waals surface area (Å²) in [5, 5.41) is 104. The van der Waals surface area contributed by atoms with E-state index in [4.69, 9.17) is 35.2 Å². The van der Waals surface area contributed by atoms with Crippen molar-refractivity contribution in [3.05, 3.63) is 115 Å². The first-order chi connectivity index (χ1) is 39.7. The predicted molar refractivity (Wildman–Crippen MR) is 317 cm³/mol. The van der Waals surface area contributed by atoms with Crippen molar-refractivity contribution in [1.82, 2.24) is 0 Å². The third kappa shape index (κ3) is 28.4. The van der Waals surface area contributed by atoms with E-state index in [2.05, 4.69) is 0 Å². The molecule has 2 aliphatic rings. The van der Waals surface area contributed by atoms with Crippen LogP contribution in [-0.4, -0.2) is 179 Å². The number of esters is 2. The van der Waals surface area contributed by atoms with Crippen LogP contribution in [-0.2, 0) is 38.1 Å². The minimum atomic E-state index is -2.08. The second-order valence-corrected chi connectivity index (χ2v) is 22.0. The molecule has 0 radical (unpaired) electrons. The number of aliphatic hydroxyl groups excluding tert-OH is 9. The number of ether oxygens (including phenoxy) is 5. The molecule has 2 saturated heterocycles. The van der Waals surface area contributed by atoms with Crippen molar-refractivity contribution in [3.8, 4) is 0 Å². The van der Waals surface area contributed by atoms with E-state index in [-0.39, 0.29) is 68.3 Å². The second-order valence-electron chi connectivity index (χ2n) is 22.0. The van der Waals surface area contributed by atoms with Crippen LogP contribution in [0.4, 0.5) is 5.69 Å². The highest BCUT2D eigenvalue weighted by Gasteiger charge is 2.51. The Bertz CT molecular complexity index is 2300. The zero-order chi connectivity index (χ0) is 63.1. The molecule has 19 unspecified atom stereocenters. The van der Waals surface area contributed by atoms with Gasteiger partial charge in [0.1, 0.15) is 23.9 Å². The molecule has 0 bridgehead atoms. The summed E-state index contributed by atoms with van der Waals surface area (Å²) in [6.45, 7) is 12.5. The average Bonchev–Trinajstić information content (AvgIpc) is 1.99. The summed E-state index contributed by atoms with van der Waals surface area (Å²) in [6.07, 6.45) is 10.5. The highest BCUT2D eigenvalue weighted by atomic mass is 16.7. The summed E-state index contributed by atoms with van der Waals surface area (Å²) < 4.78 is 28.3. The molecule has 1 aromatic carbocycles. The number of nitrogen functional groups attached to an aromatic ring is 1. The first-order valence-corrected chi connectivity index (χ1v) is 29.0. The van der Waals surface area contributed by atoms with Gasteiger partial charge in [-0.1, -0.05) is 106 Å². The number of aliphatic hydroxyl groups is 10. The molecular weight excluding hydrogens is 1090 g/mol. The number of ketones is 2. The highest BCUT2D eigenvalue weighted by Crippen LogP contribution is 2.38. The van der Waals surface area contributed by atoms with E-state index in [0.717, 1.165) is 7.11 Å². The van der Waals surface area contributed by atoms with Crippen LogP contribution in [0.1, 0.15) is 136 Å². The van der Waals surface area contributed by atoms with Crippen molar-refractivity contribution in [2.45, 2.75) is 223 Å². The molecule has 474 valence electrons. The fraction of sp³-hybridized carbons (Fsp3) is 0.619. The summed E-state index contributed by atoms with van der Waals surface area (Å²) in [5.41, 5.74) is 12.7. The van der Waals surface area contributed by atoms with Gasteiger partial charge in [-0.2, -0.15) is 0 Å². The summed E-state index contributed by atoms with van der Waals surface area (Å²) >= 11 is 0. The molecule has 21 heteroatoms. The molecule has 14 N–H and O–H groups in total. The van der Waals surface area contributed by atoms with Crippen molar-refractivity contribution in [1.29, 1.82) is 0 Å². The molecule has 2 fully saturated rings. The summed E-state index contributed by atoms with van der Waals surface area (Å²) in [7, 11) is 1.15. The number of hydrogen-bond acceptors (Lipinski definition) is 21. The van der Waals surface area contributed by atoms with E-state index in [1.54, 1.807) is 68.5 Å². The lowest BCUT2D eigenvalue weighted by Gasteiger charge is -2.45. The van der Waals surface area contributed by atoms with E-state index in [1.165, 1.54) is 6.92 Å². The number of rotatable bonds is 34. The largest absolute Gasteiger partial charge is 0.469 e. The number of anilines is 1.